The van der Waals surface area contributed by atoms with Gasteiger partial charge in [-0.25, -0.2) is 4.99 Å². The maximum atomic E-state index is 5.67. The largest absolute Gasteiger partial charge is 0.471 e. The molecule has 2 saturated heterocycles. The van der Waals surface area contributed by atoms with Crippen molar-refractivity contribution in [2.45, 2.75) is 31.2 Å². The fourth-order valence-electron chi connectivity index (χ4n) is 1.87. The molecular formula is C9H13NO3. The Balaban J connectivity index is 1.58. The fourth-order valence-corrected chi connectivity index (χ4v) is 1.87. The van der Waals surface area contributed by atoms with Gasteiger partial charge in [-0.3, -0.25) is 0 Å². The van der Waals surface area contributed by atoms with E-state index in [1.165, 1.54) is 0 Å². The Bertz CT molecular complexity index is 231. The van der Waals surface area contributed by atoms with Gasteiger partial charge in [0.1, 0.15) is 6.10 Å². The number of rotatable bonds is 2. The van der Waals surface area contributed by atoms with E-state index in [2.05, 4.69) is 4.99 Å². The first-order valence-corrected chi connectivity index (χ1v) is 4.88. The lowest BCUT2D eigenvalue weighted by Gasteiger charge is -2.16. The first-order chi connectivity index (χ1) is 6.43. The van der Waals surface area contributed by atoms with Crippen LogP contribution in [0.2, 0.25) is 0 Å². The Kier molecular flexibility index (Phi) is 1.77. The van der Waals surface area contributed by atoms with Gasteiger partial charge in [0.15, 0.2) is 6.10 Å². The van der Waals surface area contributed by atoms with Crippen molar-refractivity contribution in [2.24, 2.45) is 4.99 Å². The molecule has 0 aromatic rings. The number of ether oxygens (including phenoxy) is 3. The van der Waals surface area contributed by atoms with Crippen molar-refractivity contribution in [1.82, 2.24) is 0 Å². The quantitative estimate of drug-likeness (QED) is 0.580. The van der Waals surface area contributed by atoms with Gasteiger partial charge in [0, 0.05) is 6.61 Å². The van der Waals surface area contributed by atoms with Crippen LogP contribution < -0.4 is 0 Å². The van der Waals surface area contributed by atoms with E-state index in [-0.39, 0.29) is 18.3 Å². The lowest BCUT2D eigenvalue weighted by Crippen LogP contribution is -2.29. The van der Waals surface area contributed by atoms with Crippen molar-refractivity contribution in [1.29, 1.82) is 0 Å². The van der Waals surface area contributed by atoms with E-state index < -0.39 is 0 Å². The smallest absolute Gasteiger partial charge is 0.216 e. The first-order valence-electron chi connectivity index (χ1n) is 4.88. The van der Waals surface area contributed by atoms with Gasteiger partial charge in [0.25, 0.3) is 0 Å². The fraction of sp³-hybridized carbons (Fsp3) is 0.889. The average molecular weight is 183 g/mol. The van der Waals surface area contributed by atoms with Crippen molar-refractivity contribution in [3.8, 4) is 0 Å². The molecule has 0 saturated carbocycles. The average Bonchev–Trinajstić information content (AvgIpc) is 2.72. The molecule has 0 amide bonds. The summed E-state index contributed by atoms with van der Waals surface area (Å²) >= 11 is 0. The summed E-state index contributed by atoms with van der Waals surface area (Å²) < 4.78 is 16.3. The van der Waals surface area contributed by atoms with Crippen molar-refractivity contribution < 1.29 is 14.2 Å². The molecule has 72 valence electrons. The van der Waals surface area contributed by atoms with Crippen molar-refractivity contribution in [3.63, 3.8) is 0 Å². The normalized spacial score (nSPS) is 43.1. The van der Waals surface area contributed by atoms with Crippen LogP contribution in [0.1, 0.15) is 12.8 Å². The molecular weight excluding hydrogens is 170 g/mol. The molecule has 4 heteroatoms. The number of hydrogen-bond acceptors (Lipinski definition) is 4. The SMILES string of the molecule is C1COC(C2CN=C(C3CO3)O2)C1. The molecule has 0 aliphatic carbocycles. The number of hydrogen-bond donors (Lipinski definition) is 0. The molecule has 0 spiro atoms. The standard InChI is InChI=1S/C9H13NO3/c1-2-6(11-3-1)7-4-10-9(13-7)8-5-12-8/h6-8H,1-5H2. The second-order valence-electron chi connectivity index (χ2n) is 3.71. The summed E-state index contributed by atoms with van der Waals surface area (Å²) in [7, 11) is 0. The Morgan fingerprint density at radius 2 is 2.15 bits per heavy atom. The zero-order chi connectivity index (χ0) is 8.67. The van der Waals surface area contributed by atoms with Crippen LogP contribution in [-0.2, 0) is 14.2 Å². The summed E-state index contributed by atoms with van der Waals surface area (Å²) in [5.74, 6) is 0.792. The zero-order valence-corrected chi connectivity index (χ0v) is 7.44. The van der Waals surface area contributed by atoms with Gasteiger partial charge in [-0.1, -0.05) is 0 Å². The summed E-state index contributed by atoms with van der Waals surface area (Å²) in [5, 5.41) is 0. The highest BCUT2D eigenvalue weighted by molar-refractivity contribution is 5.84. The molecule has 3 aliphatic heterocycles. The Morgan fingerprint density at radius 3 is 2.85 bits per heavy atom. The van der Waals surface area contributed by atoms with E-state index in [0.29, 0.717) is 0 Å². The van der Waals surface area contributed by atoms with E-state index in [1.54, 1.807) is 0 Å². The van der Waals surface area contributed by atoms with E-state index in [9.17, 15) is 0 Å². The summed E-state index contributed by atoms with van der Waals surface area (Å²) in [4.78, 5) is 4.31. The highest BCUT2D eigenvalue weighted by Crippen LogP contribution is 2.24. The maximum Gasteiger partial charge on any atom is 0.216 e. The summed E-state index contributed by atoms with van der Waals surface area (Å²) in [6.07, 6.45) is 2.84. The lowest BCUT2D eigenvalue weighted by molar-refractivity contribution is 0.0188. The van der Waals surface area contributed by atoms with Crippen molar-refractivity contribution in [2.75, 3.05) is 19.8 Å². The second-order valence-corrected chi connectivity index (χ2v) is 3.71. The molecule has 3 atom stereocenters. The topological polar surface area (TPSA) is 43.3 Å². The summed E-state index contributed by atoms with van der Waals surface area (Å²) in [5.41, 5.74) is 0. The Labute approximate surface area is 76.9 Å². The van der Waals surface area contributed by atoms with Crippen LogP contribution >= 0.6 is 0 Å². The van der Waals surface area contributed by atoms with Gasteiger partial charge in [-0.05, 0) is 12.8 Å². The highest BCUT2D eigenvalue weighted by Gasteiger charge is 2.39. The molecule has 0 N–H and O–H groups in total. The number of nitrogens with zero attached hydrogens (tertiary/aromatic N) is 1. The van der Waals surface area contributed by atoms with Gasteiger partial charge in [-0.2, -0.15) is 0 Å². The van der Waals surface area contributed by atoms with E-state index >= 15 is 0 Å². The Hall–Kier alpha value is -0.610. The van der Waals surface area contributed by atoms with Gasteiger partial charge < -0.3 is 14.2 Å². The maximum absolute atomic E-state index is 5.67. The third kappa shape index (κ3) is 1.44. The molecule has 2 fully saturated rings. The van der Waals surface area contributed by atoms with E-state index in [1.807, 2.05) is 0 Å². The molecule has 0 aromatic heterocycles. The minimum atomic E-state index is 0.154. The summed E-state index contributed by atoms with van der Waals surface area (Å²) in [6.45, 7) is 2.40. The van der Waals surface area contributed by atoms with Crippen LogP contribution in [0.25, 0.3) is 0 Å². The van der Waals surface area contributed by atoms with Gasteiger partial charge >= 0.3 is 0 Å². The zero-order valence-electron chi connectivity index (χ0n) is 7.44. The number of aliphatic imine (C=N–C) groups is 1. The number of epoxide rings is 1. The third-order valence-electron chi connectivity index (χ3n) is 2.69. The molecule has 3 unspecified atom stereocenters. The summed E-state index contributed by atoms with van der Waals surface area (Å²) in [6, 6.07) is 0. The van der Waals surface area contributed by atoms with Crippen LogP contribution in [0.15, 0.2) is 4.99 Å². The van der Waals surface area contributed by atoms with Crippen LogP contribution in [0.4, 0.5) is 0 Å². The highest BCUT2D eigenvalue weighted by atomic mass is 16.6. The van der Waals surface area contributed by atoms with Crippen LogP contribution in [0.3, 0.4) is 0 Å². The lowest BCUT2D eigenvalue weighted by atomic mass is 10.1. The predicted molar refractivity (Wildman–Crippen MR) is 45.9 cm³/mol. The van der Waals surface area contributed by atoms with Crippen LogP contribution in [-0.4, -0.2) is 44.0 Å². The van der Waals surface area contributed by atoms with Crippen molar-refractivity contribution in [3.05, 3.63) is 0 Å². The van der Waals surface area contributed by atoms with Crippen LogP contribution in [0.5, 0.6) is 0 Å². The molecule has 0 aromatic carbocycles. The monoisotopic (exact) mass is 183 g/mol. The van der Waals surface area contributed by atoms with E-state index in [4.69, 9.17) is 14.2 Å². The molecule has 3 heterocycles. The third-order valence-corrected chi connectivity index (χ3v) is 2.69. The molecule has 4 nitrogen and oxygen atoms in total. The molecule has 0 bridgehead atoms. The van der Waals surface area contributed by atoms with Gasteiger partial charge in [0.2, 0.25) is 5.90 Å². The van der Waals surface area contributed by atoms with Crippen molar-refractivity contribution >= 4 is 5.90 Å². The minimum Gasteiger partial charge on any atom is -0.471 e. The second kappa shape index (κ2) is 2.96. The molecule has 13 heavy (non-hydrogen) atoms. The minimum absolute atomic E-state index is 0.154. The van der Waals surface area contributed by atoms with Gasteiger partial charge in [0.05, 0.1) is 19.3 Å². The molecule has 3 rings (SSSR count). The Morgan fingerprint density at radius 1 is 1.23 bits per heavy atom. The van der Waals surface area contributed by atoms with Gasteiger partial charge in [-0.15, -0.1) is 0 Å². The molecule has 0 radical (unpaired) electrons. The van der Waals surface area contributed by atoms with E-state index in [0.717, 1.165) is 38.5 Å². The molecule has 3 aliphatic rings. The predicted octanol–water partition coefficient (Wildman–Crippen LogP) is 0.361. The van der Waals surface area contributed by atoms with Crippen LogP contribution in [0, 0.1) is 0 Å². The first kappa shape index (κ1) is 7.76.